The monoisotopic (exact) mass is 457 g/mol. The van der Waals surface area contributed by atoms with Crippen molar-refractivity contribution in [2.45, 2.75) is 25.8 Å². The number of nitro benzene ring substituents is 1. The maximum atomic E-state index is 12.8. The van der Waals surface area contributed by atoms with Gasteiger partial charge in [-0.25, -0.2) is 9.97 Å². The fraction of sp³-hybridized carbons (Fsp3) is 0.381. The van der Waals surface area contributed by atoms with Crippen molar-refractivity contribution in [3.05, 3.63) is 50.6 Å². The third-order valence-corrected chi connectivity index (χ3v) is 7.55. The highest BCUT2D eigenvalue weighted by Crippen LogP contribution is 2.35. The second-order valence-corrected chi connectivity index (χ2v) is 9.61. The second-order valence-electron chi connectivity index (χ2n) is 7.44. The number of thioether (sulfide) groups is 1. The molecule has 1 saturated heterocycles. The molecule has 0 aliphatic carbocycles. The molecule has 0 N–H and O–H groups in total. The molecule has 1 fully saturated rings. The highest BCUT2D eigenvalue weighted by atomic mass is 32.2. The number of fused-ring (bicyclic) bond motifs is 1. The summed E-state index contributed by atoms with van der Waals surface area (Å²) in [6.07, 6.45) is 0. The first kappa shape index (κ1) is 21.5. The average molecular weight is 458 g/mol. The Morgan fingerprint density at radius 1 is 1.16 bits per heavy atom. The molecule has 0 unspecified atom stereocenters. The van der Waals surface area contributed by atoms with Crippen LogP contribution in [0.15, 0.2) is 29.3 Å². The molecule has 3 aromatic rings. The average Bonchev–Trinajstić information content (AvgIpc) is 3.05. The number of nitrogens with zero attached hydrogens (tertiary/aromatic N) is 5. The summed E-state index contributed by atoms with van der Waals surface area (Å²) in [5.41, 5.74) is 1.88. The van der Waals surface area contributed by atoms with Crippen molar-refractivity contribution in [2.24, 2.45) is 0 Å². The molecule has 1 aliphatic rings. The Balaban J connectivity index is 1.41. The van der Waals surface area contributed by atoms with Gasteiger partial charge in [-0.2, -0.15) is 0 Å². The van der Waals surface area contributed by atoms with Crippen molar-refractivity contribution in [1.82, 2.24) is 14.9 Å². The van der Waals surface area contributed by atoms with E-state index in [0.29, 0.717) is 43.4 Å². The lowest BCUT2D eigenvalue weighted by Gasteiger charge is -2.35. The first-order valence-corrected chi connectivity index (χ1v) is 11.8. The number of nitro groups is 1. The van der Waals surface area contributed by atoms with Crippen LogP contribution in [0.5, 0.6) is 0 Å². The number of rotatable bonds is 5. The molecule has 10 heteroatoms. The largest absolute Gasteiger partial charge is 0.362 e. The van der Waals surface area contributed by atoms with Gasteiger partial charge in [-0.05, 0) is 32.4 Å². The number of hydrogen-bond donors (Lipinski definition) is 0. The molecule has 1 amide bonds. The number of amides is 1. The third kappa shape index (κ3) is 4.35. The molecule has 0 spiro atoms. The van der Waals surface area contributed by atoms with Gasteiger partial charge in [0, 0.05) is 42.5 Å². The third-order valence-electron chi connectivity index (χ3n) is 5.49. The van der Waals surface area contributed by atoms with E-state index >= 15 is 0 Å². The van der Waals surface area contributed by atoms with Gasteiger partial charge in [0.05, 0.1) is 10.7 Å². The standard InChI is InChI=1S/C21H23N5O3S2/c1-13-14(2)31-21-19(13)20(22-15(3)23-21)30-12-18(27)25-10-8-24(9-11-25)16-6-4-5-7-17(16)26(28)29/h4-7H,8-12H2,1-3H3. The van der Waals surface area contributed by atoms with Crippen molar-refractivity contribution in [1.29, 1.82) is 0 Å². The van der Waals surface area contributed by atoms with E-state index in [1.807, 2.05) is 16.7 Å². The van der Waals surface area contributed by atoms with Crippen LogP contribution in [0.4, 0.5) is 11.4 Å². The van der Waals surface area contributed by atoms with E-state index in [2.05, 4.69) is 23.8 Å². The number of aryl methyl sites for hydroxylation is 3. The number of piperazine rings is 1. The van der Waals surface area contributed by atoms with Crippen LogP contribution in [0, 0.1) is 30.9 Å². The van der Waals surface area contributed by atoms with Gasteiger partial charge < -0.3 is 9.80 Å². The van der Waals surface area contributed by atoms with Gasteiger partial charge in [-0.15, -0.1) is 11.3 Å². The SMILES string of the molecule is Cc1nc(SCC(=O)N2CCN(c3ccccc3[N+](=O)[O-])CC2)c2c(C)c(C)sc2n1. The smallest absolute Gasteiger partial charge is 0.292 e. The van der Waals surface area contributed by atoms with Crippen molar-refractivity contribution < 1.29 is 9.72 Å². The molecule has 0 saturated carbocycles. The molecule has 162 valence electrons. The van der Waals surface area contributed by atoms with E-state index in [1.165, 1.54) is 28.3 Å². The van der Waals surface area contributed by atoms with Crippen molar-refractivity contribution in [3.63, 3.8) is 0 Å². The van der Waals surface area contributed by atoms with E-state index in [9.17, 15) is 14.9 Å². The molecule has 31 heavy (non-hydrogen) atoms. The summed E-state index contributed by atoms with van der Waals surface area (Å²) in [5, 5.41) is 13.2. The number of thiophene rings is 1. The summed E-state index contributed by atoms with van der Waals surface area (Å²) in [4.78, 5) is 38.9. The Hall–Kier alpha value is -2.72. The maximum Gasteiger partial charge on any atom is 0.292 e. The van der Waals surface area contributed by atoms with E-state index < -0.39 is 0 Å². The molecular weight excluding hydrogens is 434 g/mol. The fourth-order valence-corrected chi connectivity index (χ4v) is 5.90. The lowest BCUT2D eigenvalue weighted by molar-refractivity contribution is -0.384. The van der Waals surface area contributed by atoms with Crippen molar-refractivity contribution >= 4 is 50.6 Å². The number of benzene rings is 1. The van der Waals surface area contributed by atoms with Crippen LogP contribution < -0.4 is 4.90 Å². The minimum absolute atomic E-state index is 0.0567. The summed E-state index contributed by atoms with van der Waals surface area (Å²) in [7, 11) is 0. The molecule has 8 nitrogen and oxygen atoms in total. The topological polar surface area (TPSA) is 92.5 Å². The van der Waals surface area contributed by atoms with E-state index in [4.69, 9.17) is 0 Å². The van der Waals surface area contributed by atoms with Gasteiger partial charge in [0.1, 0.15) is 21.4 Å². The Morgan fingerprint density at radius 3 is 2.58 bits per heavy atom. The zero-order valence-electron chi connectivity index (χ0n) is 17.6. The molecule has 1 aliphatic heterocycles. The van der Waals surface area contributed by atoms with E-state index in [-0.39, 0.29) is 16.5 Å². The van der Waals surface area contributed by atoms with Crippen molar-refractivity contribution in [2.75, 3.05) is 36.8 Å². The molecule has 0 atom stereocenters. The Labute approximate surface area is 188 Å². The minimum Gasteiger partial charge on any atom is -0.362 e. The van der Waals surface area contributed by atoms with Crippen LogP contribution in [0.25, 0.3) is 10.2 Å². The lowest BCUT2D eigenvalue weighted by Crippen LogP contribution is -2.49. The Morgan fingerprint density at radius 2 is 1.87 bits per heavy atom. The number of aromatic nitrogens is 2. The summed E-state index contributed by atoms with van der Waals surface area (Å²) >= 11 is 3.12. The van der Waals surface area contributed by atoms with Crippen LogP contribution in [-0.2, 0) is 4.79 Å². The van der Waals surface area contributed by atoms with Crippen LogP contribution in [-0.4, -0.2) is 57.6 Å². The highest BCUT2D eigenvalue weighted by Gasteiger charge is 2.26. The van der Waals surface area contributed by atoms with Gasteiger partial charge in [0.2, 0.25) is 5.91 Å². The molecule has 1 aromatic carbocycles. The molecular formula is C21H23N5O3S2. The zero-order chi connectivity index (χ0) is 22.1. The van der Waals surface area contributed by atoms with Crippen LogP contribution in [0.2, 0.25) is 0 Å². The molecule has 0 bridgehead atoms. The second kappa shape index (κ2) is 8.80. The summed E-state index contributed by atoms with van der Waals surface area (Å²) in [6.45, 7) is 8.24. The number of anilines is 1. The molecule has 0 radical (unpaired) electrons. The van der Waals surface area contributed by atoms with Gasteiger partial charge >= 0.3 is 0 Å². The van der Waals surface area contributed by atoms with Gasteiger partial charge in [0.25, 0.3) is 5.69 Å². The van der Waals surface area contributed by atoms with Gasteiger partial charge in [-0.1, -0.05) is 23.9 Å². The number of para-hydroxylation sites is 2. The number of carbonyl (C=O) groups excluding carboxylic acids is 1. The Bertz CT molecular complexity index is 1160. The quantitative estimate of drug-likeness (QED) is 0.248. The Kier molecular flexibility index (Phi) is 6.10. The first-order valence-electron chi connectivity index (χ1n) is 9.98. The molecule has 2 aromatic heterocycles. The lowest BCUT2D eigenvalue weighted by atomic mass is 10.2. The van der Waals surface area contributed by atoms with E-state index in [0.717, 1.165) is 15.2 Å². The van der Waals surface area contributed by atoms with Crippen molar-refractivity contribution in [3.8, 4) is 0 Å². The molecule has 4 rings (SSSR count). The predicted molar refractivity (Wildman–Crippen MR) is 124 cm³/mol. The number of carbonyl (C=O) groups is 1. The van der Waals surface area contributed by atoms with E-state index in [1.54, 1.807) is 29.5 Å². The van der Waals surface area contributed by atoms with Gasteiger partial charge in [-0.3, -0.25) is 14.9 Å². The van der Waals surface area contributed by atoms with Crippen LogP contribution >= 0.6 is 23.1 Å². The first-order chi connectivity index (χ1) is 14.8. The predicted octanol–water partition coefficient (Wildman–Crippen LogP) is 3.97. The number of hydrogen-bond acceptors (Lipinski definition) is 8. The molecule has 3 heterocycles. The highest BCUT2D eigenvalue weighted by molar-refractivity contribution is 8.00. The summed E-state index contributed by atoms with van der Waals surface area (Å²) in [6, 6.07) is 6.75. The summed E-state index contributed by atoms with van der Waals surface area (Å²) in [5.74, 6) is 1.08. The maximum absolute atomic E-state index is 12.8. The van der Waals surface area contributed by atoms with Crippen LogP contribution in [0.1, 0.15) is 16.3 Å². The normalized spacial score (nSPS) is 14.3. The van der Waals surface area contributed by atoms with Crippen LogP contribution in [0.3, 0.4) is 0 Å². The zero-order valence-corrected chi connectivity index (χ0v) is 19.3. The fourth-order valence-electron chi connectivity index (χ4n) is 3.72. The minimum atomic E-state index is -0.359. The summed E-state index contributed by atoms with van der Waals surface area (Å²) < 4.78 is 0. The van der Waals surface area contributed by atoms with Gasteiger partial charge in [0.15, 0.2) is 0 Å².